The topological polar surface area (TPSA) is 38.0 Å². The molecule has 0 radical (unpaired) electrons. The van der Waals surface area contributed by atoms with Crippen LogP contribution in [0.2, 0.25) is 0 Å². The summed E-state index contributed by atoms with van der Waals surface area (Å²) in [5.74, 6) is 0.620. The maximum atomic E-state index is 5.37. The lowest BCUT2D eigenvalue weighted by atomic mass is 10.2. The van der Waals surface area contributed by atoms with Gasteiger partial charge in [0.15, 0.2) is 0 Å². The molecule has 8 heavy (non-hydrogen) atoms. The molecule has 0 fully saturated rings. The Morgan fingerprint density at radius 2 is 2.25 bits per heavy atom. The number of hydrogen-bond donors (Lipinski definition) is 2. The molecule has 2 heteroatoms. The fourth-order valence-electron chi connectivity index (χ4n) is 0.474. The summed E-state index contributed by atoms with van der Waals surface area (Å²) < 4.78 is 0. The normalized spacial score (nSPS) is 13.9. The van der Waals surface area contributed by atoms with Crippen LogP contribution in [0.1, 0.15) is 13.8 Å². The van der Waals surface area contributed by atoms with Crippen LogP contribution in [-0.2, 0) is 0 Å². The monoisotopic (exact) mass is 116 g/mol. The second-order valence-corrected chi connectivity index (χ2v) is 2.15. The van der Waals surface area contributed by atoms with Gasteiger partial charge in [-0.25, -0.2) is 0 Å². The molecule has 0 saturated heterocycles. The fourth-order valence-corrected chi connectivity index (χ4v) is 0.474. The van der Waals surface area contributed by atoms with E-state index in [1.807, 2.05) is 0 Å². The van der Waals surface area contributed by atoms with E-state index >= 15 is 0 Å². The molecule has 0 bridgehead atoms. The van der Waals surface area contributed by atoms with Gasteiger partial charge in [0.1, 0.15) is 0 Å². The SMILES string of the molecule is CCNCC(C)CN. The first-order valence-electron chi connectivity index (χ1n) is 3.22. The Morgan fingerprint density at radius 3 is 2.62 bits per heavy atom. The summed E-state index contributed by atoms with van der Waals surface area (Å²) in [5, 5.41) is 3.22. The van der Waals surface area contributed by atoms with Gasteiger partial charge in [0, 0.05) is 0 Å². The van der Waals surface area contributed by atoms with E-state index in [9.17, 15) is 0 Å². The first-order chi connectivity index (χ1) is 3.81. The van der Waals surface area contributed by atoms with Crippen molar-refractivity contribution in [2.24, 2.45) is 11.7 Å². The number of rotatable bonds is 4. The zero-order valence-electron chi connectivity index (χ0n) is 5.78. The quantitative estimate of drug-likeness (QED) is 0.550. The lowest BCUT2D eigenvalue weighted by molar-refractivity contribution is 0.533. The van der Waals surface area contributed by atoms with Gasteiger partial charge in [-0.1, -0.05) is 13.8 Å². The number of hydrogen-bond acceptors (Lipinski definition) is 2. The van der Waals surface area contributed by atoms with E-state index < -0.39 is 0 Å². The van der Waals surface area contributed by atoms with Gasteiger partial charge in [-0.15, -0.1) is 0 Å². The third-order valence-corrected chi connectivity index (χ3v) is 1.15. The van der Waals surface area contributed by atoms with Crippen LogP contribution in [0.4, 0.5) is 0 Å². The Kier molecular flexibility index (Phi) is 5.01. The van der Waals surface area contributed by atoms with Gasteiger partial charge in [-0.2, -0.15) is 0 Å². The lowest BCUT2D eigenvalue weighted by Crippen LogP contribution is -2.25. The average molecular weight is 116 g/mol. The minimum Gasteiger partial charge on any atom is -0.330 e. The first-order valence-corrected chi connectivity index (χ1v) is 3.22. The van der Waals surface area contributed by atoms with Crippen LogP contribution in [0, 0.1) is 5.92 Å². The molecule has 1 atom stereocenters. The minimum absolute atomic E-state index is 0.620. The molecule has 0 aliphatic carbocycles. The second kappa shape index (κ2) is 5.06. The van der Waals surface area contributed by atoms with Crippen LogP contribution >= 0.6 is 0 Å². The molecule has 0 aliphatic heterocycles. The molecule has 0 aliphatic rings. The molecule has 0 aromatic heterocycles. The second-order valence-electron chi connectivity index (χ2n) is 2.15. The molecule has 2 nitrogen and oxygen atoms in total. The van der Waals surface area contributed by atoms with Crippen molar-refractivity contribution in [3.8, 4) is 0 Å². The van der Waals surface area contributed by atoms with Crippen molar-refractivity contribution in [3.63, 3.8) is 0 Å². The molecule has 0 aromatic rings. The largest absolute Gasteiger partial charge is 0.330 e. The molecule has 1 unspecified atom stereocenters. The minimum atomic E-state index is 0.620. The molecule has 0 spiro atoms. The highest BCUT2D eigenvalue weighted by atomic mass is 14.8. The highest BCUT2D eigenvalue weighted by molar-refractivity contribution is 4.54. The van der Waals surface area contributed by atoms with E-state index in [1.165, 1.54) is 0 Å². The number of nitrogens with one attached hydrogen (secondary N) is 1. The first kappa shape index (κ1) is 7.92. The summed E-state index contributed by atoms with van der Waals surface area (Å²) in [6.45, 7) is 7.12. The summed E-state index contributed by atoms with van der Waals surface area (Å²) in [5.41, 5.74) is 5.37. The Balaban J connectivity index is 2.86. The van der Waals surface area contributed by atoms with Gasteiger partial charge in [-0.3, -0.25) is 0 Å². The van der Waals surface area contributed by atoms with E-state index in [4.69, 9.17) is 5.73 Å². The molecule has 0 aromatic carbocycles. The zero-order chi connectivity index (χ0) is 6.41. The van der Waals surface area contributed by atoms with Crippen molar-refractivity contribution in [2.75, 3.05) is 19.6 Å². The molecule has 50 valence electrons. The predicted molar refractivity (Wildman–Crippen MR) is 36.8 cm³/mol. The summed E-state index contributed by atoms with van der Waals surface area (Å²) in [6.07, 6.45) is 0. The smallest absolute Gasteiger partial charge is 0.00112 e. The van der Waals surface area contributed by atoms with Gasteiger partial charge in [0.25, 0.3) is 0 Å². The van der Waals surface area contributed by atoms with Crippen LogP contribution in [0.25, 0.3) is 0 Å². The summed E-state index contributed by atoms with van der Waals surface area (Å²) in [4.78, 5) is 0. The van der Waals surface area contributed by atoms with Crippen molar-refractivity contribution in [1.29, 1.82) is 0 Å². The van der Waals surface area contributed by atoms with Crippen LogP contribution in [0.3, 0.4) is 0 Å². The van der Waals surface area contributed by atoms with Gasteiger partial charge >= 0.3 is 0 Å². The van der Waals surface area contributed by atoms with Crippen LogP contribution in [0.15, 0.2) is 0 Å². The molecular weight excluding hydrogens is 100 g/mol. The van der Waals surface area contributed by atoms with Gasteiger partial charge in [-0.05, 0) is 25.6 Å². The van der Waals surface area contributed by atoms with Crippen molar-refractivity contribution < 1.29 is 0 Å². The maximum Gasteiger partial charge on any atom is -0.00112 e. The molecule has 0 rings (SSSR count). The third-order valence-electron chi connectivity index (χ3n) is 1.15. The van der Waals surface area contributed by atoms with Crippen LogP contribution < -0.4 is 11.1 Å². The number of nitrogens with two attached hydrogens (primary N) is 1. The van der Waals surface area contributed by atoms with Gasteiger partial charge in [0.2, 0.25) is 0 Å². The van der Waals surface area contributed by atoms with E-state index in [1.54, 1.807) is 0 Å². The Morgan fingerprint density at radius 1 is 1.62 bits per heavy atom. The predicted octanol–water partition coefficient (Wildman–Crippen LogP) is 0.191. The lowest BCUT2D eigenvalue weighted by Gasteiger charge is -2.06. The fraction of sp³-hybridized carbons (Fsp3) is 1.00. The zero-order valence-corrected chi connectivity index (χ0v) is 5.78. The van der Waals surface area contributed by atoms with Gasteiger partial charge in [0.05, 0.1) is 0 Å². The van der Waals surface area contributed by atoms with Gasteiger partial charge < -0.3 is 11.1 Å². The third kappa shape index (κ3) is 4.09. The molecular formula is C6H16N2. The summed E-state index contributed by atoms with van der Waals surface area (Å²) >= 11 is 0. The molecule has 0 saturated carbocycles. The van der Waals surface area contributed by atoms with Crippen LogP contribution in [0.5, 0.6) is 0 Å². The van der Waals surface area contributed by atoms with Crippen molar-refractivity contribution in [3.05, 3.63) is 0 Å². The highest BCUT2D eigenvalue weighted by Gasteiger charge is 1.93. The molecule has 0 heterocycles. The Bertz CT molecular complexity index is 45.8. The van der Waals surface area contributed by atoms with Crippen molar-refractivity contribution in [1.82, 2.24) is 5.32 Å². The van der Waals surface area contributed by atoms with E-state index in [2.05, 4.69) is 19.2 Å². The maximum absolute atomic E-state index is 5.37. The summed E-state index contributed by atoms with van der Waals surface area (Å²) in [7, 11) is 0. The highest BCUT2D eigenvalue weighted by Crippen LogP contribution is 1.84. The van der Waals surface area contributed by atoms with Crippen molar-refractivity contribution in [2.45, 2.75) is 13.8 Å². The standard InChI is InChI=1S/C6H16N2/c1-3-8-5-6(2)4-7/h6,8H,3-5,7H2,1-2H3. The molecule has 0 amide bonds. The van der Waals surface area contributed by atoms with E-state index in [-0.39, 0.29) is 0 Å². The van der Waals surface area contributed by atoms with E-state index in [0.29, 0.717) is 5.92 Å². The Hall–Kier alpha value is -0.0800. The summed E-state index contributed by atoms with van der Waals surface area (Å²) in [6, 6.07) is 0. The Labute approximate surface area is 51.5 Å². The van der Waals surface area contributed by atoms with Crippen LogP contribution in [-0.4, -0.2) is 19.6 Å². The molecule has 3 N–H and O–H groups in total. The average Bonchev–Trinajstić information content (AvgIpc) is 1.83. The van der Waals surface area contributed by atoms with E-state index in [0.717, 1.165) is 19.6 Å². The van der Waals surface area contributed by atoms with Crippen molar-refractivity contribution >= 4 is 0 Å².